The molecule has 0 aliphatic carbocycles. The highest BCUT2D eigenvalue weighted by Gasteiger charge is 2.05. The number of hydrogen-bond acceptors (Lipinski definition) is 3. The lowest BCUT2D eigenvalue weighted by Crippen LogP contribution is -1.89. The lowest BCUT2D eigenvalue weighted by Gasteiger charge is -1.95. The van der Waals surface area contributed by atoms with Crippen molar-refractivity contribution in [2.45, 2.75) is 26.9 Å². The summed E-state index contributed by atoms with van der Waals surface area (Å²) in [6.07, 6.45) is 1.00. The third-order valence-electron chi connectivity index (χ3n) is 1.50. The molecule has 1 rings (SSSR count). The summed E-state index contributed by atoms with van der Waals surface area (Å²) in [4.78, 5) is 5.66. The fourth-order valence-electron chi connectivity index (χ4n) is 1.03. The second-order valence-electron chi connectivity index (χ2n) is 2.39. The molecule has 0 radical (unpaired) electrons. The molecule has 0 saturated carbocycles. The molecule has 1 aromatic rings. The van der Waals surface area contributed by atoms with E-state index in [1.54, 1.807) is 18.4 Å². The van der Waals surface area contributed by atoms with E-state index in [9.17, 15) is 0 Å². The molecule has 0 aliphatic rings. The molecule has 0 atom stereocenters. The first-order chi connectivity index (χ1) is 5.27. The minimum Gasteiger partial charge on any atom is -0.379 e. The van der Waals surface area contributed by atoms with Crippen LogP contribution in [-0.2, 0) is 17.8 Å². The van der Waals surface area contributed by atoms with E-state index in [4.69, 9.17) is 4.74 Å². The highest BCUT2D eigenvalue weighted by molar-refractivity contribution is 7.11. The molecule has 0 amide bonds. The minimum atomic E-state index is 0.703. The van der Waals surface area contributed by atoms with E-state index in [0.29, 0.717) is 6.61 Å². The molecule has 0 aliphatic heterocycles. The van der Waals surface area contributed by atoms with Crippen LogP contribution >= 0.6 is 11.3 Å². The van der Waals surface area contributed by atoms with Crippen molar-refractivity contribution in [3.63, 3.8) is 0 Å². The van der Waals surface area contributed by atoms with Crippen molar-refractivity contribution >= 4 is 11.3 Å². The minimum absolute atomic E-state index is 0.703. The predicted molar refractivity (Wildman–Crippen MR) is 46.9 cm³/mol. The summed E-state index contributed by atoms with van der Waals surface area (Å²) in [5.41, 5.74) is 1.19. The fraction of sp³-hybridized carbons (Fsp3) is 0.625. The summed E-state index contributed by atoms with van der Waals surface area (Å²) in [6, 6.07) is 0. The van der Waals surface area contributed by atoms with Gasteiger partial charge in [0, 0.05) is 7.11 Å². The maximum atomic E-state index is 5.05. The molecule has 3 heteroatoms. The van der Waals surface area contributed by atoms with Crippen LogP contribution in [0.1, 0.15) is 22.5 Å². The van der Waals surface area contributed by atoms with Gasteiger partial charge in [-0.3, -0.25) is 0 Å². The lowest BCUT2D eigenvalue weighted by atomic mass is 10.3. The Labute approximate surface area is 71.2 Å². The molecule has 0 N–H and O–H groups in total. The lowest BCUT2D eigenvalue weighted by molar-refractivity contribution is 0.186. The average Bonchev–Trinajstić information content (AvgIpc) is 2.32. The van der Waals surface area contributed by atoms with Crippen molar-refractivity contribution in [1.82, 2.24) is 4.98 Å². The zero-order chi connectivity index (χ0) is 8.27. The molecule has 1 aromatic heterocycles. The smallest absolute Gasteiger partial charge is 0.0901 e. The zero-order valence-electron chi connectivity index (χ0n) is 7.18. The number of methoxy groups -OCH3 is 1. The van der Waals surface area contributed by atoms with E-state index in [1.165, 1.54) is 10.6 Å². The number of aromatic nitrogens is 1. The van der Waals surface area contributed by atoms with E-state index in [0.717, 1.165) is 11.4 Å². The van der Waals surface area contributed by atoms with Crippen LogP contribution in [0.3, 0.4) is 0 Å². The van der Waals surface area contributed by atoms with E-state index in [-0.39, 0.29) is 0 Å². The Morgan fingerprint density at radius 3 is 2.82 bits per heavy atom. The van der Waals surface area contributed by atoms with Crippen LogP contribution in [0.15, 0.2) is 0 Å². The van der Waals surface area contributed by atoms with Gasteiger partial charge in [0.25, 0.3) is 0 Å². The molecule has 11 heavy (non-hydrogen) atoms. The Hall–Kier alpha value is -0.410. The summed E-state index contributed by atoms with van der Waals surface area (Å²) in [5.74, 6) is 0. The first kappa shape index (κ1) is 8.68. The summed E-state index contributed by atoms with van der Waals surface area (Å²) < 4.78 is 5.05. The SMILES string of the molecule is CCc1nc(C)sc1COC. The van der Waals surface area contributed by atoms with Gasteiger partial charge in [0.1, 0.15) is 0 Å². The third kappa shape index (κ3) is 2.01. The van der Waals surface area contributed by atoms with Gasteiger partial charge in [0.05, 0.1) is 22.2 Å². The van der Waals surface area contributed by atoms with Gasteiger partial charge in [-0.25, -0.2) is 4.98 Å². The number of hydrogen-bond donors (Lipinski definition) is 0. The van der Waals surface area contributed by atoms with Gasteiger partial charge < -0.3 is 4.74 Å². The van der Waals surface area contributed by atoms with E-state index in [2.05, 4.69) is 11.9 Å². The first-order valence-corrected chi connectivity index (χ1v) is 4.53. The van der Waals surface area contributed by atoms with Gasteiger partial charge in [-0.15, -0.1) is 11.3 Å². The maximum Gasteiger partial charge on any atom is 0.0901 e. The van der Waals surface area contributed by atoms with Crippen molar-refractivity contribution in [3.05, 3.63) is 15.6 Å². The van der Waals surface area contributed by atoms with Crippen LogP contribution < -0.4 is 0 Å². The van der Waals surface area contributed by atoms with Gasteiger partial charge in [0.2, 0.25) is 0 Å². The molecule has 0 saturated heterocycles. The monoisotopic (exact) mass is 171 g/mol. The van der Waals surface area contributed by atoms with E-state index >= 15 is 0 Å². The number of aryl methyl sites for hydroxylation is 2. The normalized spacial score (nSPS) is 10.5. The molecule has 0 unspecified atom stereocenters. The third-order valence-corrected chi connectivity index (χ3v) is 2.48. The summed E-state index contributed by atoms with van der Waals surface area (Å²) in [7, 11) is 1.72. The first-order valence-electron chi connectivity index (χ1n) is 3.72. The van der Waals surface area contributed by atoms with Gasteiger partial charge in [-0.1, -0.05) is 6.92 Å². The molecular weight excluding hydrogens is 158 g/mol. The molecule has 0 fully saturated rings. The molecule has 0 aromatic carbocycles. The van der Waals surface area contributed by atoms with Crippen molar-refractivity contribution in [1.29, 1.82) is 0 Å². The Morgan fingerprint density at radius 1 is 1.55 bits per heavy atom. The van der Waals surface area contributed by atoms with Gasteiger partial charge in [0.15, 0.2) is 0 Å². The second-order valence-corrected chi connectivity index (χ2v) is 3.68. The molecule has 62 valence electrons. The van der Waals surface area contributed by atoms with Gasteiger partial charge >= 0.3 is 0 Å². The molecule has 0 spiro atoms. The largest absolute Gasteiger partial charge is 0.379 e. The van der Waals surface area contributed by atoms with Crippen LogP contribution in [0.25, 0.3) is 0 Å². The number of rotatable bonds is 3. The van der Waals surface area contributed by atoms with Crippen molar-refractivity contribution in [2.75, 3.05) is 7.11 Å². The number of thiazole rings is 1. The molecular formula is C8H13NOS. The van der Waals surface area contributed by atoms with Crippen molar-refractivity contribution in [2.24, 2.45) is 0 Å². The van der Waals surface area contributed by atoms with E-state index < -0.39 is 0 Å². The van der Waals surface area contributed by atoms with Gasteiger partial charge in [-0.05, 0) is 13.3 Å². The Balaban J connectivity index is 2.83. The fourth-order valence-corrected chi connectivity index (χ4v) is 2.03. The summed E-state index contributed by atoms with van der Waals surface area (Å²) >= 11 is 1.73. The second kappa shape index (κ2) is 3.83. The molecule has 0 bridgehead atoms. The maximum absolute atomic E-state index is 5.05. The van der Waals surface area contributed by atoms with E-state index in [1.807, 2.05) is 6.92 Å². The topological polar surface area (TPSA) is 22.1 Å². The van der Waals surface area contributed by atoms with Crippen molar-refractivity contribution in [3.8, 4) is 0 Å². The standard InChI is InChI=1S/C8H13NOS/c1-4-7-8(5-10-3)11-6(2)9-7/h4-5H2,1-3H3. The Kier molecular flexibility index (Phi) is 3.02. The summed E-state index contributed by atoms with van der Waals surface area (Å²) in [5, 5.41) is 1.13. The predicted octanol–water partition coefficient (Wildman–Crippen LogP) is 2.16. The Morgan fingerprint density at radius 2 is 2.27 bits per heavy atom. The quantitative estimate of drug-likeness (QED) is 0.695. The Bertz CT molecular complexity index is 232. The van der Waals surface area contributed by atoms with Gasteiger partial charge in [-0.2, -0.15) is 0 Å². The number of ether oxygens (including phenoxy) is 1. The molecule has 1 heterocycles. The molecule has 2 nitrogen and oxygen atoms in total. The zero-order valence-corrected chi connectivity index (χ0v) is 7.99. The van der Waals surface area contributed by atoms with Crippen molar-refractivity contribution < 1.29 is 4.74 Å². The highest BCUT2D eigenvalue weighted by Crippen LogP contribution is 2.18. The van der Waals surface area contributed by atoms with Crippen LogP contribution in [0.2, 0.25) is 0 Å². The van der Waals surface area contributed by atoms with Crippen LogP contribution in [0.5, 0.6) is 0 Å². The highest BCUT2D eigenvalue weighted by atomic mass is 32.1. The van der Waals surface area contributed by atoms with Crippen LogP contribution in [-0.4, -0.2) is 12.1 Å². The summed E-state index contributed by atoms with van der Waals surface area (Å²) in [6.45, 7) is 4.85. The average molecular weight is 171 g/mol. The van der Waals surface area contributed by atoms with Crippen LogP contribution in [0.4, 0.5) is 0 Å². The van der Waals surface area contributed by atoms with Crippen LogP contribution in [0, 0.1) is 6.92 Å². The number of nitrogens with zero attached hydrogens (tertiary/aromatic N) is 1.